The van der Waals surface area contributed by atoms with Crippen LogP contribution in [0, 0.1) is 25.2 Å². The summed E-state index contributed by atoms with van der Waals surface area (Å²) in [4.78, 5) is 17.2. The van der Waals surface area contributed by atoms with Crippen LogP contribution in [0.25, 0.3) is 0 Å². The molecule has 0 aromatic heterocycles. The Morgan fingerprint density at radius 2 is 2.02 bits per heavy atom. The van der Waals surface area contributed by atoms with Crippen molar-refractivity contribution in [2.45, 2.75) is 69.9 Å². The number of ether oxygens (including phenoxy) is 4. The quantitative estimate of drug-likeness (QED) is 0.413. The first-order valence-corrected chi connectivity index (χ1v) is 14.6. The second-order valence-corrected chi connectivity index (χ2v) is 11.9. The number of benzene rings is 2. The molecule has 6 rings (SSSR count). The zero-order valence-corrected chi connectivity index (χ0v) is 25.3. The summed E-state index contributed by atoms with van der Waals surface area (Å²) in [5.41, 5.74) is 11.2. The number of nitrogens with two attached hydrogens (primary N) is 1. The molecule has 1 amide bonds. The number of likely N-dealkylation sites (N-methyl/N-ethyl adjacent to an activating group) is 1. The SMILES string of the molecule is C=CCOc1c(C)c2c(c3c1CC1[C@H]4c5c(cc(C)c(OC)c5O)C[C@@H]([C@H](C#N)N1[C@H]3CNC(=O)[C@H](C)N)N4C)OCO2. The van der Waals surface area contributed by atoms with Crippen molar-refractivity contribution in [3.05, 3.63) is 52.1 Å². The van der Waals surface area contributed by atoms with Crippen LogP contribution in [0.3, 0.4) is 0 Å². The maximum absolute atomic E-state index is 12.8. The number of carbonyl (C=O) groups is 1. The lowest BCUT2D eigenvalue weighted by Gasteiger charge is -2.60. The molecule has 1 saturated heterocycles. The zero-order valence-electron chi connectivity index (χ0n) is 25.3. The number of aromatic hydroxyl groups is 1. The number of piperazine rings is 1. The summed E-state index contributed by atoms with van der Waals surface area (Å²) in [6.07, 6.45) is 2.78. The number of amides is 1. The van der Waals surface area contributed by atoms with Crippen LogP contribution in [0.2, 0.25) is 0 Å². The van der Waals surface area contributed by atoms with Crippen LogP contribution in [0.15, 0.2) is 18.7 Å². The molecule has 4 aliphatic rings. The molecule has 0 radical (unpaired) electrons. The van der Waals surface area contributed by atoms with Gasteiger partial charge in [-0.25, -0.2) is 0 Å². The lowest BCUT2D eigenvalue weighted by atomic mass is 9.71. The minimum Gasteiger partial charge on any atom is -0.504 e. The number of methoxy groups -OCH3 is 1. The second-order valence-electron chi connectivity index (χ2n) is 11.9. The van der Waals surface area contributed by atoms with Crippen molar-refractivity contribution < 1.29 is 28.8 Å². The van der Waals surface area contributed by atoms with Crippen molar-refractivity contribution in [2.24, 2.45) is 5.73 Å². The van der Waals surface area contributed by atoms with E-state index in [0.717, 1.165) is 33.4 Å². The third kappa shape index (κ3) is 4.31. The molecule has 1 unspecified atom stereocenters. The monoisotopic (exact) mass is 589 g/mol. The molecule has 11 nitrogen and oxygen atoms in total. The fraction of sp³-hybridized carbons (Fsp3) is 0.500. The molecule has 2 aromatic carbocycles. The fourth-order valence-corrected chi connectivity index (χ4v) is 7.73. The van der Waals surface area contributed by atoms with E-state index in [4.69, 9.17) is 24.7 Å². The van der Waals surface area contributed by atoms with Gasteiger partial charge in [0, 0.05) is 40.9 Å². The van der Waals surface area contributed by atoms with Crippen LogP contribution in [-0.2, 0) is 17.6 Å². The number of phenols is 1. The Bertz CT molecular complexity index is 1530. The predicted octanol–water partition coefficient (Wildman–Crippen LogP) is 2.55. The standard InChI is InChI=1S/C32H39N5O6/c1-7-8-41-29-16(3)30-31(43-14-42-30)25-19(29)11-21-26-24-18(9-15(2)28(40-6)27(24)38)10-20(36(26)5)22(12-33)37(21)23(25)13-35-32(39)17(4)34/h7,9,17,20-23,26,38H,1,8,10-11,13-14,34H2,2-6H3,(H,35,39)/t17-,20-,21?,22-,23-,26-/m0/s1. The van der Waals surface area contributed by atoms with Crippen LogP contribution >= 0.6 is 0 Å². The summed E-state index contributed by atoms with van der Waals surface area (Å²) in [6, 6.07) is 2.30. The molecular weight excluding hydrogens is 550 g/mol. The van der Waals surface area contributed by atoms with E-state index in [2.05, 4.69) is 33.8 Å². The number of aryl methyl sites for hydroxylation is 1. The van der Waals surface area contributed by atoms with Crippen LogP contribution in [0.1, 0.15) is 52.4 Å². The van der Waals surface area contributed by atoms with Crippen LogP contribution < -0.4 is 30.0 Å². The van der Waals surface area contributed by atoms with Crippen molar-refractivity contribution in [2.75, 3.05) is 34.1 Å². The highest BCUT2D eigenvalue weighted by Gasteiger charge is 2.56. The van der Waals surface area contributed by atoms with Crippen molar-refractivity contribution in [3.63, 3.8) is 0 Å². The number of fused-ring (bicyclic) bond motifs is 9. The molecule has 228 valence electrons. The number of hydrogen-bond donors (Lipinski definition) is 3. The lowest BCUT2D eigenvalue weighted by Crippen LogP contribution is -2.68. The molecule has 4 N–H and O–H groups in total. The van der Waals surface area contributed by atoms with E-state index in [1.54, 1.807) is 20.1 Å². The minimum absolute atomic E-state index is 0.0614. The molecule has 11 heteroatoms. The van der Waals surface area contributed by atoms with Gasteiger partial charge in [0.1, 0.15) is 18.4 Å². The van der Waals surface area contributed by atoms with Gasteiger partial charge in [-0.15, -0.1) is 0 Å². The summed E-state index contributed by atoms with van der Waals surface area (Å²) >= 11 is 0. The Balaban J connectivity index is 1.60. The van der Waals surface area contributed by atoms with Crippen LogP contribution in [0.4, 0.5) is 0 Å². The van der Waals surface area contributed by atoms with Gasteiger partial charge >= 0.3 is 0 Å². The van der Waals surface area contributed by atoms with Gasteiger partial charge in [-0.1, -0.05) is 18.7 Å². The van der Waals surface area contributed by atoms with Gasteiger partial charge in [-0.2, -0.15) is 5.26 Å². The summed E-state index contributed by atoms with van der Waals surface area (Å²) in [5, 5.41) is 25.4. The molecule has 0 spiro atoms. The van der Waals surface area contributed by atoms with Gasteiger partial charge in [0.05, 0.1) is 31.3 Å². The average molecular weight is 590 g/mol. The maximum Gasteiger partial charge on any atom is 0.236 e. The van der Waals surface area contributed by atoms with Crippen molar-refractivity contribution in [3.8, 4) is 34.8 Å². The molecule has 43 heavy (non-hydrogen) atoms. The lowest BCUT2D eigenvalue weighted by molar-refractivity contribution is -0.123. The summed E-state index contributed by atoms with van der Waals surface area (Å²) in [7, 11) is 3.58. The van der Waals surface area contributed by atoms with Gasteiger partial charge in [0.2, 0.25) is 12.7 Å². The molecular formula is C32H39N5O6. The molecule has 4 aliphatic heterocycles. The van der Waals surface area contributed by atoms with Crippen LogP contribution in [-0.4, -0.2) is 79.1 Å². The van der Waals surface area contributed by atoms with Crippen LogP contribution in [0.5, 0.6) is 28.7 Å². The maximum atomic E-state index is 12.8. The average Bonchev–Trinajstić information content (AvgIpc) is 3.46. The Labute approximate surface area is 251 Å². The Hall–Kier alpha value is -3.98. The van der Waals surface area contributed by atoms with E-state index >= 15 is 0 Å². The van der Waals surface area contributed by atoms with E-state index in [9.17, 15) is 15.2 Å². The summed E-state index contributed by atoms with van der Waals surface area (Å²) in [6.45, 7) is 9.89. The van der Waals surface area contributed by atoms with Gasteiger partial charge in [0.25, 0.3) is 0 Å². The Morgan fingerprint density at radius 3 is 2.70 bits per heavy atom. The van der Waals surface area contributed by atoms with E-state index in [1.165, 1.54) is 0 Å². The van der Waals surface area contributed by atoms with Gasteiger partial charge < -0.3 is 35.1 Å². The number of carbonyl (C=O) groups excluding carboxylic acids is 1. The van der Waals surface area contributed by atoms with Crippen molar-refractivity contribution in [1.29, 1.82) is 5.26 Å². The van der Waals surface area contributed by atoms with Gasteiger partial charge in [-0.05, 0) is 51.8 Å². The molecule has 4 heterocycles. The second kappa shape index (κ2) is 10.9. The third-order valence-corrected chi connectivity index (χ3v) is 9.49. The highest BCUT2D eigenvalue weighted by molar-refractivity contribution is 5.81. The first-order valence-electron chi connectivity index (χ1n) is 14.6. The number of phenolic OH excluding ortho intramolecular Hbond substituents is 1. The Morgan fingerprint density at radius 1 is 1.28 bits per heavy atom. The molecule has 2 aromatic rings. The van der Waals surface area contributed by atoms with E-state index in [0.29, 0.717) is 42.4 Å². The largest absolute Gasteiger partial charge is 0.504 e. The van der Waals surface area contributed by atoms with E-state index in [-0.39, 0.29) is 43.1 Å². The molecule has 0 aliphatic carbocycles. The van der Waals surface area contributed by atoms with Gasteiger partial charge in [-0.3, -0.25) is 14.6 Å². The van der Waals surface area contributed by atoms with Gasteiger partial charge in [0.15, 0.2) is 23.0 Å². The van der Waals surface area contributed by atoms with Crippen molar-refractivity contribution >= 4 is 5.91 Å². The third-order valence-electron chi connectivity index (χ3n) is 9.49. The molecule has 6 atom stereocenters. The topological polar surface area (TPSA) is 143 Å². The summed E-state index contributed by atoms with van der Waals surface area (Å²) in [5.74, 6) is 2.18. The number of hydrogen-bond acceptors (Lipinski definition) is 10. The molecule has 1 fully saturated rings. The normalized spacial score (nSPS) is 25.9. The summed E-state index contributed by atoms with van der Waals surface area (Å²) < 4.78 is 24.0. The number of nitriles is 1. The molecule has 2 bridgehead atoms. The number of rotatable bonds is 7. The first kappa shape index (κ1) is 29.1. The minimum atomic E-state index is -0.702. The van der Waals surface area contributed by atoms with E-state index in [1.807, 2.05) is 20.9 Å². The number of nitrogens with zero attached hydrogens (tertiary/aromatic N) is 3. The molecule has 0 saturated carbocycles. The fourth-order valence-electron chi connectivity index (χ4n) is 7.73. The van der Waals surface area contributed by atoms with Crippen molar-refractivity contribution in [1.82, 2.24) is 15.1 Å². The smallest absolute Gasteiger partial charge is 0.236 e. The highest BCUT2D eigenvalue weighted by Crippen LogP contribution is 2.58. The highest BCUT2D eigenvalue weighted by atomic mass is 16.7. The zero-order chi connectivity index (χ0) is 30.7. The Kier molecular flexibility index (Phi) is 7.40. The predicted molar refractivity (Wildman–Crippen MR) is 159 cm³/mol. The number of nitrogens with one attached hydrogen (secondary N) is 1. The van der Waals surface area contributed by atoms with E-state index < -0.39 is 18.1 Å². The first-order chi connectivity index (χ1) is 20.6.